The average molecular weight is 770 g/mol. The van der Waals surface area contributed by atoms with E-state index >= 15 is 0 Å². The van der Waals surface area contributed by atoms with Crippen LogP contribution in [0.5, 0.6) is 0 Å². The summed E-state index contributed by atoms with van der Waals surface area (Å²) in [7, 11) is 0. The van der Waals surface area contributed by atoms with Crippen molar-refractivity contribution in [3.8, 4) is 0 Å². The SMILES string of the molecule is C=C(C(CCCCCCCCCC/C=C\CCCCCCCC)CCCCCCCCCC(C)CCCCCCCC)N(CCCC)CCCCCCCC. The van der Waals surface area contributed by atoms with Gasteiger partial charge in [0.2, 0.25) is 0 Å². The van der Waals surface area contributed by atoms with Crippen molar-refractivity contribution in [2.75, 3.05) is 13.1 Å². The minimum absolute atomic E-state index is 0.708. The molecule has 55 heavy (non-hydrogen) atoms. The van der Waals surface area contributed by atoms with Crippen LogP contribution in [0.1, 0.15) is 298 Å². The summed E-state index contributed by atoms with van der Waals surface area (Å²) in [4.78, 5) is 2.76. The van der Waals surface area contributed by atoms with Crippen LogP contribution in [-0.2, 0) is 0 Å². The Morgan fingerprint density at radius 1 is 0.364 bits per heavy atom. The second-order valence-corrected chi connectivity index (χ2v) is 18.4. The number of nitrogens with zero attached hydrogens (tertiary/aromatic N) is 1. The molecule has 0 N–H and O–H groups in total. The lowest BCUT2D eigenvalue weighted by molar-refractivity contribution is 0.272. The maximum absolute atomic E-state index is 4.85. The van der Waals surface area contributed by atoms with Crippen molar-refractivity contribution in [1.29, 1.82) is 0 Å². The normalized spacial score (nSPS) is 12.9. The highest BCUT2D eigenvalue weighted by molar-refractivity contribution is 5.00. The molecule has 0 aliphatic rings. The molecular formula is C54H107N. The van der Waals surface area contributed by atoms with Gasteiger partial charge in [0, 0.05) is 18.8 Å². The van der Waals surface area contributed by atoms with Gasteiger partial charge in [0.1, 0.15) is 0 Å². The van der Waals surface area contributed by atoms with Gasteiger partial charge in [-0.1, -0.05) is 265 Å². The molecule has 0 radical (unpaired) electrons. The predicted molar refractivity (Wildman–Crippen MR) is 254 cm³/mol. The number of hydrogen-bond acceptors (Lipinski definition) is 1. The van der Waals surface area contributed by atoms with Crippen molar-refractivity contribution in [3.63, 3.8) is 0 Å². The first-order chi connectivity index (χ1) is 27.1. The predicted octanol–water partition coefficient (Wildman–Crippen LogP) is 19.7. The van der Waals surface area contributed by atoms with Gasteiger partial charge in [-0.3, -0.25) is 0 Å². The fraction of sp³-hybridized carbons (Fsp3) is 0.926. The zero-order valence-corrected chi connectivity index (χ0v) is 39.4. The monoisotopic (exact) mass is 770 g/mol. The number of hydrogen-bond donors (Lipinski definition) is 0. The number of allylic oxidation sites excluding steroid dienone is 3. The fourth-order valence-electron chi connectivity index (χ4n) is 8.74. The van der Waals surface area contributed by atoms with Gasteiger partial charge in [0.15, 0.2) is 0 Å². The molecule has 328 valence electrons. The van der Waals surface area contributed by atoms with Crippen LogP contribution in [-0.4, -0.2) is 18.0 Å². The van der Waals surface area contributed by atoms with Gasteiger partial charge in [-0.05, 0) is 63.2 Å². The quantitative estimate of drug-likeness (QED) is 0.0440. The molecule has 0 aromatic heterocycles. The van der Waals surface area contributed by atoms with Crippen molar-refractivity contribution in [1.82, 2.24) is 4.90 Å². The molecule has 0 saturated heterocycles. The van der Waals surface area contributed by atoms with Crippen LogP contribution in [0.25, 0.3) is 0 Å². The van der Waals surface area contributed by atoms with E-state index < -0.39 is 0 Å². The third-order valence-corrected chi connectivity index (χ3v) is 12.8. The van der Waals surface area contributed by atoms with E-state index in [2.05, 4.69) is 51.7 Å². The Hall–Kier alpha value is -0.720. The fourth-order valence-corrected chi connectivity index (χ4v) is 8.74. The lowest BCUT2D eigenvalue weighted by atomic mass is 9.90. The number of rotatable bonds is 47. The molecule has 1 heteroatoms. The van der Waals surface area contributed by atoms with E-state index in [9.17, 15) is 0 Å². The largest absolute Gasteiger partial charge is 0.375 e. The van der Waals surface area contributed by atoms with Crippen molar-refractivity contribution in [2.24, 2.45) is 11.8 Å². The molecule has 0 heterocycles. The second kappa shape index (κ2) is 46.0. The van der Waals surface area contributed by atoms with Crippen LogP contribution in [0.4, 0.5) is 0 Å². The molecule has 0 aromatic rings. The lowest BCUT2D eigenvalue weighted by Gasteiger charge is -2.32. The van der Waals surface area contributed by atoms with Gasteiger partial charge >= 0.3 is 0 Å². The Balaban J connectivity index is 4.43. The van der Waals surface area contributed by atoms with Gasteiger partial charge in [-0.25, -0.2) is 0 Å². The standard InChI is InChI=1S/C54H107N/c1-7-11-15-18-21-22-23-24-25-26-27-28-29-30-31-34-38-43-48-54(53(6)55(50-14-10-4)51-45-40-20-17-13-9-3)49-44-39-35-32-33-37-42-47-52(5)46-41-36-19-16-12-8-2/h24-25,52,54H,6-23,26-51H2,1-5H3/b25-24-. The highest BCUT2D eigenvalue weighted by Crippen LogP contribution is 2.28. The Morgan fingerprint density at radius 2 is 0.655 bits per heavy atom. The minimum Gasteiger partial charge on any atom is -0.375 e. The molecule has 0 spiro atoms. The van der Waals surface area contributed by atoms with Crippen LogP contribution >= 0.6 is 0 Å². The van der Waals surface area contributed by atoms with Gasteiger partial charge in [0.25, 0.3) is 0 Å². The molecule has 0 bridgehead atoms. The first-order valence-corrected chi connectivity index (χ1v) is 26.2. The Labute approximate surface area is 350 Å². The topological polar surface area (TPSA) is 3.24 Å². The minimum atomic E-state index is 0.708. The summed E-state index contributed by atoms with van der Waals surface area (Å²) in [5.74, 6) is 1.65. The Kier molecular flexibility index (Phi) is 45.4. The molecule has 0 aliphatic carbocycles. The molecule has 2 atom stereocenters. The van der Waals surface area contributed by atoms with Gasteiger partial charge < -0.3 is 4.90 Å². The highest BCUT2D eigenvalue weighted by Gasteiger charge is 2.18. The number of unbranched alkanes of at least 4 members (excludes halogenated alkanes) is 31. The van der Waals surface area contributed by atoms with Gasteiger partial charge in [-0.2, -0.15) is 0 Å². The van der Waals surface area contributed by atoms with Crippen LogP contribution in [0.15, 0.2) is 24.4 Å². The molecule has 1 nitrogen and oxygen atoms in total. The Bertz CT molecular complexity index is 752. The summed E-state index contributed by atoms with van der Waals surface area (Å²) in [6, 6.07) is 0. The van der Waals surface area contributed by atoms with Crippen molar-refractivity contribution in [2.45, 2.75) is 298 Å². The molecule has 0 aliphatic heterocycles. The summed E-state index contributed by atoms with van der Waals surface area (Å²) in [6.45, 7) is 19.1. The van der Waals surface area contributed by atoms with E-state index in [4.69, 9.17) is 6.58 Å². The smallest absolute Gasteiger partial charge is 0.0174 e. The zero-order chi connectivity index (χ0) is 40.1. The van der Waals surface area contributed by atoms with Crippen LogP contribution in [0.3, 0.4) is 0 Å². The van der Waals surface area contributed by atoms with Crippen molar-refractivity contribution in [3.05, 3.63) is 24.4 Å². The average Bonchev–Trinajstić information content (AvgIpc) is 3.19. The zero-order valence-electron chi connectivity index (χ0n) is 39.4. The molecular weight excluding hydrogens is 663 g/mol. The molecule has 2 unspecified atom stereocenters. The molecule has 0 aromatic carbocycles. The van der Waals surface area contributed by atoms with E-state index in [0.717, 1.165) is 5.92 Å². The highest BCUT2D eigenvalue weighted by atomic mass is 15.1. The summed E-state index contributed by atoms with van der Waals surface area (Å²) >= 11 is 0. The first-order valence-electron chi connectivity index (χ1n) is 26.2. The van der Waals surface area contributed by atoms with E-state index in [1.54, 1.807) is 0 Å². The van der Waals surface area contributed by atoms with Crippen molar-refractivity contribution >= 4 is 0 Å². The molecule has 0 saturated carbocycles. The van der Waals surface area contributed by atoms with Crippen LogP contribution in [0, 0.1) is 11.8 Å². The third-order valence-electron chi connectivity index (χ3n) is 12.8. The van der Waals surface area contributed by atoms with Crippen LogP contribution in [0.2, 0.25) is 0 Å². The van der Waals surface area contributed by atoms with E-state index in [0.29, 0.717) is 5.92 Å². The van der Waals surface area contributed by atoms with E-state index in [1.807, 2.05) is 0 Å². The third kappa shape index (κ3) is 39.9. The summed E-state index contributed by atoms with van der Waals surface area (Å²) in [5.41, 5.74) is 1.51. The van der Waals surface area contributed by atoms with E-state index in [1.165, 1.54) is 282 Å². The van der Waals surface area contributed by atoms with E-state index in [-0.39, 0.29) is 0 Å². The summed E-state index contributed by atoms with van der Waals surface area (Å²) < 4.78 is 0. The Morgan fingerprint density at radius 3 is 1.04 bits per heavy atom. The van der Waals surface area contributed by atoms with Crippen LogP contribution < -0.4 is 0 Å². The lowest BCUT2D eigenvalue weighted by Crippen LogP contribution is -2.29. The maximum atomic E-state index is 4.85. The maximum Gasteiger partial charge on any atom is 0.0174 e. The van der Waals surface area contributed by atoms with Gasteiger partial charge in [0.05, 0.1) is 0 Å². The van der Waals surface area contributed by atoms with Gasteiger partial charge in [-0.15, -0.1) is 0 Å². The van der Waals surface area contributed by atoms with Crippen molar-refractivity contribution < 1.29 is 0 Å². The molecule has 0 rings (SSSR count). The molecule has 0 fully saturated rings. The summed E-state index contributed by atoms with van der Waals surface area (Å²) in [6.07, 6.45) is 62.8. The summed E-state index contributed by atoms with van der Waals surface area (Å²) in [5, 5.41) is 0. The first kappa shape index (κ1) is 54.3. The molecule has 0 amide bonds. The second-order valence-electron chi connectivity index (χ2n) is 18.4.